The summed E-state index contributed by atoms with van der Waals surface area (Å²) in [5.41, 5.74) is 0. The molecule has 1 unspecified atom stereocenters. The molecule has 2 saturated heterocycles. The van der Waals surface area contributed by atoms with E-state index < -0.39 is 0 Å². The first-order valence-electron chi connectivity index (χ1n) is 8.80. The summed E-state index contributed by atoms with van der Waals surface area (Å²) in [5, 5.41) is 15.2. The first-order chi connectivity index (χ1) is 11.2. The number of amides is 2. The number of likely N-dealkylation sites (tertiary alicyclic amines) is 1. The van der Waals surface area contributed by atoms with E-state index in [4.69, 9.17) is 0 Å². The van der Waals surface area contributed by atoms with Gasteiger partial charge in [0.2, 0.25) is 0 Å². The molecule has 1 saturated carbocycles. The van der Waals surface area contributed by atoms with Crippen LogP contribution < -0.4 is 5.32 Å². The van der Waals surface area contributed by atoms with Crippen molar-refractivity contribution in [2.24, 2.45) is 0 Å². The van der Waals surface area contributed by atoms with Crippen LogP contribution in [0.4, 0.5) is 4.79 Å². The summed E-state index contributed by atoms with van der Waals surface area (Å²) in [5.74, 6) is 0.988. The zero-order valence-corrected chi connectivity index (χ0v) is 13.7. The Morgan fingerprint density at radius 1 is 1.13 bits per heavy atom. The molecule has 3 aliphatic rings. The number of hydrogen-bond donors (Lipinski definition) is 1. The van der Waals surface area contributed by atoms with Crippen LogP contribution in [0.3, 0.4) is 0 Å². The predicted molar refractivity (Wildman–Crippen MR) is 83.8 cm³/mol. The van der Waals surface area contributed by atoms with Gasteiger partial charge in [-0.3, -0.25) is 4.90 Å². The Bertz CT molecular complexity index is 562. The van der Waals surface area contributed by atoms with Crippen molar-refractivity contribution in [2.75, 3.05) is 26.2 Å². The lowest BCUT2D eigenvalue weighted by atomic mass is 10.0. The van der Waals surface area contributed by atoms with E-state index in [1.807, 2.05) is 9.58 Å². The third-order valence-corrected chi connectivity index (χ3v) is 5.39. The summed E-state index contributed by atoms with van der Waals surface area (Å²) in [4.78, 5) is 16.5. The highest BCUT2D eigenvalue weighted by Gasteiger charge is 2.34. The average Bonchev–Trinajstić information content (AvgIpc) is 3.32. The third-order valence-electron chi connectivity index (χ3n) is 5.39. The Hall–Kier alpha value is -1.70. The van der Waals surface area contributed by atoms with Crippen LogP contribution in [-0.2, 0) is 0 Å². The summed E-state index contributed by atoms with van der Waals surface area (Å²) < 4.78 is 2.01. The van der Waals surface area contributed by atoms with Crippen molar-refractivity contribution >= 4 is 6.03 Å². The third kappa shape index (κ3) is 2.91. The molecule has 1 N–H and O–H groups in total. The van der Waals surface area contributed by atoms with Crippen molar-refractivity contribution in [3.63, 3.8) is 0 Å². The molecule has 0 radical (unpaired) electrons. The summed E-state index contributed by atoms with van der Waals surface area (Å²) >= 11 is 0. The SMILES string of the molecule is CC(c1nnnn1C1CC1)N1CCC(N2CCCNC2=O)CC1. The molecule has 0 spiro atoms. The molecule has 126 valence electrons. The number of carbonyl (C=O) groups excluding carboxylic acids is 1. The lowest BCUT2D eigenvalue weighted by molar-refractivity contribution is 0.0905. The monoisotopic (exact) mass is 319 g/mol. The van der Waals surface area contributed by atoms with Crippen molar-refractivity contribution in [2.45, 2.75) is 57.2 Å². The van der Waals surface area contributed by atoms with Gasteiger partial charge in [-0.15, -0.1) is 5.10 Å². The highest BCUT2D eigenvalue weighted by atomic mass is 16.2. The second-order valence-corrected chi connectivity index (χ2v) is 6.93. The van der Waals surface area contributed by atoms with Gasteiger partial charge in [-0.25, -0.2) is 9.48 Å². The number of tetrazole rings is 1. The Kier molecular flexibility index (Phi) is 3.92. The molecule has 3 heterocycles. The number of rotatable bonds is 4. The summed E-state index contributed by atoms with van der Waals surface area (Å²) in [6.45, 7) is 5.89. The van der Waals surface area contributed by atoms with Crippen molar-refractivity contribution in [3.05, 3.63) is 5.82 Å². The van der Waals surface area contributed by atoms with E-state index >= 15 is 0 Å². The van der Waals surface area contributed by atoms with Gasteiger partial charge < -0.3 is 10.2 Å². The number of urea groups is 1. The van der Waals surface area contributed by atoms with Gasteiger partial charge in [-0.2, -0.15) is 0 Å². The van der Waals surface area contributed by atoms with Gasteiger partial charge in [-0.05, 0) is 49.5 Å². The van der Waals surface area contributed by atoms with E-state index in [0.717, 1.165) is 51.3 Å². The molecular weight excluding hydrogens is 294 g/mol. The van der Waals surface area contributed by atoms with Crippen LogP contribution in [0.2, 0.25) is 0 Å². The quantitative estimate of drug-likeness (QED) is 0.894. The summed E-state index contributed by atoms with van der Waals surface area (Å²) in [6, 6.07) is 1.23. The van der Waals surface area contributed by atoms with Gasteiger partial charge >= 0.3 is 6.03 Å². The maximum atomic E-state index is 12.0. The lowest BCUT2D eigenvalue weighted by Crippen LogP contribution is -2.54. The van der Waals surface area contributed by atoms with E-state index in [1.54, 1.807) is 0 Å². The van der Waals surface area contributed by atoms with Gasteiger partial charge in [0.25, 0.3) is 0 Å². The first-order valence-corrected chi connectivity index (χ1v) is 8.80. The van der Waals surface area contributed by atoms with Crippen molar-refractivity contribution in [3.8, 4) is 0 Å². The molecule has 4 rings (SSSR count). The molecular formula is C15H25N7O. The molecule has 0 bridgehead atoms. The van der Waals surface area contributed by atoms with Crippen LogP contribution in [0.1, 0.15) is 56.9 Å². The fourth-order valence-corrected chi connectivity index (χ4v) is 3.80. The zero-order valence-electron chi connectivity index (χ0n) is 13.7. The molecule has 1 atom stereocenters. The molecule has 1 aromatic rings. The molecule has 8 heteroatoms. The van der Waals surface area contributed by atoms with Gasteiger partial charge in [0.1, 0.15) is 0 Å². The Labute approximate surface area is 136 Å². The number of aromatic nitrogens is 4. The highest BCUT2D eigenvalue weighted by molar-refractivity contribution is 5.75. The molecule has 8 nitrogen and oxygen atoms in total. The Morgan fingerprint density at radius 3 is 2.61 bits per heavy atom. The Morgan fingerprint density at radius 2 is 1.91 bits per heavy atom. The minimum atomic E-state index is 0.112. The Balaban J connectivity index is 1.37. The van der Waals surface area contributed by atoms with Crippen molar-refractivity contribution in [1.29, 1.82) is 0 Å². The molecule has 23 heavy (non-hydrogen) atoms. The van der Waals surface area contributed by atoms with Crippen molar-refractivity contribution in [1.82, 2.24) is 35.3 Å². The van der Waals surface area contributed by atoms with Crippen LogP contribution in [-0.4, -0.2) is 68.3 Å². The minimum absolute atomic E-state index is 0.112. The van der Waals surface area contributed by atoms with E-state index in [9.17, 15) is 4.79 Å². The largest absolute Gasteiger partial charge is 0.338 e. The van der Waals surface area contributed by atoms with Crippen LogP contribution in [0.5, 0.6) is 0 Å². The average molecular weight is 319 g/mol. The maximum Gasteiger partial charge on any atom is 0.317 e. The number of piperidine rings is 1. The van der Waals surface area contributed by atoms with Gasteiger partial charge in [-0.1, -0.05) is 0 Å². The fraction of sp³-hybridized carbons (Fsp3) is 0.867. The minimum Gasteiger partial charge on any atom is -0.338 e. The molecule has 2 aliphatic heterocycles. The van der Waals surface area contributed by atoms with Gasteiger partial charge in [0.05, 0.1) is 12.1 Å². The van der Waals surface area contributed by atoms with E-state index in [1.165, 1.54) is 12.8 Å². The fourth-order valence-electron chi connectivity index (χ4n) is 3.80. The zero-order chi connectivity index (χ0) is 15.8. The normalized spacial score (nSPS) is 25.4. The second-order valence-electron chi connectivity index (χ2n) is 6.93. The molecule has 0 aromatic carbocycles. The smallest absolute Gasteiger partial charge is 0.317 e. The topological polar surface area (TPSA) is 79.2 Å². The van der Waals surface area contributed by atoms with E-state index in [-0.39, 0.29) is 12.1 Å². The van der Waals surface area contributed by atoms with Crippen LogP contribution >= 0.6 is 0 Å². The lowest BCUT2D eigenvalue weighted by Gasteiger charge is -2.41. The van der Waals surface area contributed by atoms with Gasteiger partial charge in [0, 0.05) is 32.2 Å². The standard InChI is InChI=1S/C15H25N7O/c1-11(14-17-18-19-22(14)13-3-4-13)20-9-5-12(6-10-20)21-8-2-7-16-15(21)23/h11-13H,2-10H2,1H3,(H,16,23). The number of carbonyl (C=O) groups is 1. The van der Waals surface area contributed by atoms with Crippen LogP contribution in [0, 0.1) is 0 Å². The maximum absolute atomic E-state index is 12.0. The highest BCUT2D eigenvalue weighted by Crippen LogP contribution is 2.36. The summed E-state index contributed by atoms with van der Waals surface area (Å²) in [6.07, 6.45) is 5.50. The van der Waals surface area contributed by atoms with E-state index in [2.05, 4.69) is 32.7 Å². The van der Waals surface area contributed by atoms with Crippen LogP contribution in [0.25, 0.3) is 0 Å². The number of nitrogens with one attached hydrogen (secondary N) is 1. The second kappa shape index (κ2) is 6.07. The molecule has 2 amide bonds. The number of nitrogens with zero attached hydrogens (tertiary/aromatic N) is 6. The van der Waals surface area contributed by atoms with Gasteiger partial charge in [0.15, 0.2) is 5.82 Å². The van der Waals surface area contributed by atoms with E-state index in [0.29, 0.717) is 12.1 Å². The van der Waals surface area contributed by atoms with Crippen molar-refractivity contribution < 1.29 is 4.79 Å². The summed E-state index contributed by atoms with van der Waals surface area (Å²) in [7, 11) is 0. The van der Waals surface area contributed by atoms with Crippen LogP contribution in [0.15, 0.2) is 0 Å². The first kappa shape index (κ1) is 14.9. The molecule has 1 aliphatic carbocycles. The number of hydrogen-bond acceptors (Lipinski definition) is 5. The molecule has 1 aromatic heterocycles. The predicted octanol–water partition coefficient (Wildman–Crippen LogP) is 0.949. The molecule has 3 fully saturated rings.